The van der Waals surface area contributed by atoms with Crippen LogP contribution in [0.4, 0.5) is 6.01 Å². The molecule has 8 heteroatoms. The zero-order valence-electron chi connectivity index (χ0n) is 13.5. The molecule has 0 bridgehead atoms. The number of rotatable bonds is 7. The predicted molar refractivity (Wildman–Crippen MR) is 100 cm³/mol. The van der Waals surface area contributed by atoms with Gasteiger partial charge >= 0.3 is 6.01 Å². The summed E-state index contributed by atoms with van der Waals surface area (Å²) in [5.41, 5.74) is 0.487. The zero-order valence-corrected chi connectivity index (χ0v) is 15.9. The number of aromatic nitrogens is 2. The maximum atomic E-state index is 12.3. The maximum Gasteiger partial charge on any atom is 0.322 e. The average molecular weight is 422 g/mol. The third-order valence-electron chi connectivity index (χ3n) is 3.31. The average Bonchev–Trinajstić information content (AvgIpc) is 3.24. The molecule has 3 rings (SSSR count). The van der Waals surface area contributed by atoms with Crippen LogP contribution in [0.15, 0.2) is 44.6 Å². The van der Waals surface area contributed by atoms with E-state index in [0.717, 1.165) is 27.3 Å². The summed E-state index contributed by atoms with van der Waals surface area (Å²) in [6, 6.07) is 10.8. The van der Waals surface area contributed by atoms with Crippen molar-refractivity contribution in [2.24, 2.45) is 0 Å². The lowest BCUT2D eigenvalue weighted by Crippen LogP contribution is -2.12. The maximum absolute atomic E-state index is 12.3. The molecule has 130 valence electrons. The number of hydrogen-bond acceptors (Lipinski definition) is 6. The molecule has 0 fully saturated rings. The van der Waals surface area contributed by atoms with Gasteiger partial charge in [0, 0.05) is 5.56 Å². The minimum Gasteiger partial charge on any atom is -0.494 e. The first-order chi connectivity index (χ1) is 12.2. The highest BCUT2D eigenvalue weighted by molar-refractivity contribution is 9.11. The first-order valence-corrected chi connectivity index (χ1v) is 9.40. The molecule has 6 nitrogen and oxygen atoms in total. The minimum atomic E-state index is -0.317. The van der Waals surface area contributed by atoms with E-state index in [4.69, 9.17) is 9.15 Å². The molecular formula is C17H16BrN3O3S. The number of hydrogen-bond donors (Lipinski definition) is 1. The summed E-state index contributed by atoms with van der Waals surface area (Å²) in [5, 5.41) is 10.4. The topological polar surface area (TPSA) is 77.2 Å². The van der Waals surface area contributed by atoms with E-state index in [9.17, 15) is 4.79 Å². The molecule has 25 heavy (non-hydrogen) atoms. The van der Waals surface area contributed by atoms with Gasteiger partial charge in [-0.3, -0.25) is 10.1 Å². The fraction of sp³-hybridized carbons (Fsp3) is 0.235. The Morgan fingerprint density at radius 3 is 2.72 bits per heavy atom. The summed E-state index contributed by atoms with van der Waals surface area (Å²) < 4.78 is 12.0. The molecule has 0 saturated heterocycles. The van der Waals surface area contributed by atoms with Gasteiger partial charge in [-0.1, -0.05) is 18.4 Å². The number of carbonyl (C=O) groups is 1. The Balaban J connectivity index is 1.61. The highest BCUT2D eigenvalue weighted by Crippen LogP contribution is 2.31. The molecule has 1 amide bonds. The monoisotopic (exact) mass is 421 g/mol. The third-order valence-corrected chi connectivity index (χ3v) is 4.92. The molecule has 3 aromatic rings. The van der Waals surface area contributed by atoms with E-state index in [2.05, 4.69) is 38.4 Å². The second kappa shape index (κ2) is 8.26. The minimum absolute atomic E-state index is 0.0628. The molecule has 2 heterocycles. The number of amides is 1. The van der Waals surface area contributed by atoms with Crippen LogP contribution in [0, 0.1) is 0 Å². The Labute approximate surface area is 157 Å². The van der Waals surface area contributed by atoms with Crippen molar-refractivity contribution in [2.75, 3.05) is 11.9 Å². The molecule has 0 radical (unpaired) electrons. The number of ether oxygens (including phenoxy) is 1. The Kier molecular flexibility index (Phi) is 5.83. The van der Waals surface area contributed by atoms with E-state index in [1.165, 1.54) is 11.3 Å². The molecule has 0 spiro atoms. The lowest BCUT2D eigenvalue weighted by atomic mass is 10.2. The van der Waals surface area contributed by atoms with Gasteiger partial charge in [0.1, 0.15) is 5.75 Å². The summed E-state index contributed by atoms with van der Waals surface area (Å²) >= 11 is 4.85. The van der Waals surface area contributed by atoms with Crippen molar-refractivity contribution in [1.29, 1.82) is 0 Å². The van der Waals surface area contributed by atoms with Crippen molar-refractivity contribution in [3.8, 4) is 16.5 Å². The van der Waals surface area contributed by atoms with Crippen LogP contribution in [0.1, 0.15) is 30.1 Å². The smallest absolute Gasteiger partial charge is 0.322 e. The first-order valence-electron chi connectivity index (χ1n) is 7.79. The highest BCUT2D eigenvalue weighted by atomic mass is 79.9. The largest absolute Gasteiger partial charge is 0.494 e. The summed E-state index contributed by atoms with van der Waals surface area (Å²) in [4.78, 5) is 13.1. The van der Waals surface area contributed by atoms with Crippen LogP contribution >= 0.6 is 27.3 Å². The number of nitrogens with one attached hydrogen (secondary N) is 1. The van der Waals surface area contributed by atoms with Crippen molar-refractivity contribution in [1.82, 2.24) is 10.2 Å². The van der Waals surface area contributed by atoms with E-state index >= 15 is 0 Å². The highest BCUT2D eigenvalue weighted by Gasteiger charge is 2.14. The van der Waals surface area contributed by atoms with Crippen molar-refractivity contribution in [3.63, 3.8) is 0 Å². The van der Waals surface area contributed by atoms with E-state index in [0.29, 0.717) is 18.1 Å². The van der Waals surface area contributed by atoms with E-state index in [1.54, 1.807) is 24.3 Å². The van der Waals surface area contributed by atoms with Gasteiger partial charge in [0.25, 0.3) is 11.8 Å². The molecule has 2 aromatic heterocycles. The Morgan fingerprint density at radius 2 is 2.04 bits per heavy atom. The predicted octanol–water partition coefficient (Wildman–Crippen LogP) is 4.99. The van der Waals surface area contributed by atoms with Crippen molar-refractivity contribution >= 4 is 39.2 Å². The van der Waals surface area contributed by atoms with Gasteiger partial charge < -0.3 is 9.15 Å². The van der Waals surface area contributed by atoms with Gasteiger partial charge in [-0.05, 0) is 58.7 Å². The van der Waals surface area contributed by atoms with E-state index in [1.807, 2.05) is 12.1 Å². The van der Waals surface area contributed by atoms with E-state index < -0.39 is 0 Å². The molecule has 0 unspecified atom stereocenters. The molecular weight excluding hydrogens is 406 g/mol. The molecule has 0 aliphatic rings. The molecule has 0 saturated carbocycles. The summed E-state index contributed by atoms with van der Waals surface area (Å²) in [7, 11) is 0. The number of thiophene rings is 1. The van der Waals surface area contributed by atoms with Gasteiger partial charge in [0.15, 0.2) is 0 Å². The Bertz CT molecular complexity index is 845. The third kappa shape index (κ3) is 4.67. The lowest BCUT2D eigenvalue weighted by molar-refractivity contribution is 0.102. The van der Waals surface area contributed by atoms with Gasteiger partial charge in [0.2, 0.25) is 0 Å². The van der Waals surface area contributed by atoms with Gasteiger partial charge in [-0.25, -0.2) is 0 Å². The number of carbonyl (C=O) groups excluding carboxylic acids is 1. The Morgan fingerprint density at radius 1 is 1.24 bits per heavy atom. The van der Waals surface area contributed by atoms with Crippen molar-refractivity contribution < 1.29 is 13.9 Å². The zero-order chi connectivity index (χ0) is 17.6. The molecule has 0 aliphatic carbocycles. The fourth-order valence-corrected chi connectivity index (χ4v) is 3.32. The first kappa shape index (κ1) is 17.6. The number of benzene rings is 1. The number of halogens is 1. The standard InChI is InChI=1S/C17H16BrN3O3S/c1-2-3-10-23-12-6-4-11(5-7-12)15(22)19-17-21-20-16(24-17)13-8-9-14(18)25-13/h4-9H,2-3,10H2,1H3,(H,19,21,22). The van der Waals surface area contributed by atoms with Crippen LogP contribution in [0.2, 0.25) is 0 Å². The Hall–Kier alpha value is -2.19. The molecule has 1 N–H and O–H groups in total. The van der Waals surface area contributed by atoms with Crippen LogP contribution in [0.3, 0.4) is 0 Å². The second-order valence-corrected chi connectivity index (χ2v) is 7.66. The van der Waals surface area contributed by atoms with Crippen LogP contribution in [-0.4, -0.2) is 22.7 Å². The number of nitrogens with zero attached hydrogens (tertiary/aromatic N) is 2. The number of anilines is 1. The van der Waals surface area contributed by atoms with E-state index in [-0.39, 0.29) is 11.9 Å². The van der Waals surface area contributed by atoms with Crippen LogP contribution in [0.5, 0.6) is 5.75 Å². The quantitative estimate of drug-likeness (QED) is 0.543. The van der Waals surface area contributed by atoms with Gasteiger partial charge in [0.05, 0.1) is 15.3 Å². The fourth-order valence-electron chi connectivity index (χ4n) is 2.01. The summed E-state index contributed by atoms with van der Waals surface area (Å²) in [6.07, 6.45) is 2.08. The van der Waals surface area contributed by atoms with Crippen LogP contribution in [-0.2, 0) is 0 Å². The van der Waals surface area contributed by atoms with Crippen LogP contribution < -0.4 is 10.1 Å². The normalized spacial score (nSPS) is 10.6. The van der Waals surface area contributed by atoms with Gasteiger partial charge in [-0.15, -0.1) is 16.4 Å². The SMILES string of the molecule is CCCCOc1ccc(C(=O)Nc2nnc(-c3ccc(Br)s3)o2)cc1. The van der Waals surface area contributed by atoms with Gasteiger partial charge in [-0.2, -0.15) is 0 Å². The molecule has 0 aliphatic heterocycles. The van der Waals surface area contributed by atoms with Crippen molar-refractivity contribution in [2.45, 2.75) is 19.8 Å². The molecule has 1 aromatic carbocycles. The number of unbranched alkanes of at least 4 members (excludes halogenated alkanes) is 1. The summed E-state index contributed by atoms with van der Waals surface area (Å²) in [5.74, 6) is 0.793. The molecule has 0 atom stereocenters. The second-order valence-electron chi connectivity index (χ2n) is 5.20. The summed E-state index contributed by atoms with van der Waals surface area (Å²) in [6.45, 7) is 2.78. The van der Waals surface area contributed by atoms with Crippen molar-refractivity contribution in [3.05, 3.63) is 45.7 Å². The lowest BCUT2D eigenvalue weighted by Gasteiger charge is -2.06. The van der Waals surface area contributed by atoms with Crippen LogP contribution in [0.25, 0.3) is 10.8 Å².